The van der Waals surface area contributed by atoms with Crippen molar-refractivity contribution in [2.24, 2.45) is 0 Å². The minimum atomic E-state index is -0.617. The summed E-state index contributed by atoms with van der Waals surface area (Å²) in [6.07, 6.45) is -0.617. The van der Waals surface area contributed by atoms with Crippen molar-refractivity contribution in [1.82, 2.24) is 5.32 Å². The zero-order valence-corrected chi connectivity index (χ0v) is 12.0. The summed E-state index contributed by atoms with van der Waals surface area (Å²) < 4.78 is 13.8. The minimum absolute atomic E-state index is 0.289. The topological polar surface area (TPSA) is 32.3 Å². The van der Waals surface area contributed by atoms with E-state index in [1.165, 1.54) is 17.0 Å². The van der Waals surface area contributed by atoms with E-state index in [9.17, 15) is 9.50 Å². The quantitative estimate of drug-likeness (QED) is 0.880. The highest BCUT2D eigenvalue weighted by molar-refractivity contribution is 9.11. The van der Waals surface area contributed by atoms with Crippen LogP contribution < -0.4 is 5.32 Å². The van der Waals surface area contributed by atoms with E-state index in [4.69, 9.17) is 0 Å². The van der Waals surface area contributed by atoms with E-state index < -0.39 is 6.10 Å². The van der Waals surface area contributed by atoms with E-state index >= 15 is 0 Å². The maximum absolute atomic E-state index is 12.7. The first kappa shape index (κ1) is 13.7. The van der Waals surface area contributed by atoms with Gasteiger partial charge in [0.15, 0.2) is 0 Å². The van der Waals surface area contributed by atoms with Crippen LogP contribution in [0.4, 0.5) is 4.39 Å². The van der Waals surface area contributed by atoms with E-state index in [0.29, 0.717) is 13.1 Å². The first-order valence-corrected chi connectivity index (χ1v) is 7.14. The molecule has 1 aromatic carbocycles. The van der Waals surface area contributed by atoms with Gasteiger partial charge in [-0.1, -0.05) is 12.1 Å². The van der Waals surface area contributed by atoms with Gasteiger partial charge in [0.05, 0.1) is 9.89 Å². The third-order valence-corrected chi connectivity index (χ3v) is 4.14. The Hall–Kier alpha value is -0.750. The molecule has 2 nitrogen and oxygen atoms in total. The number of halogens is 2. The average Bonchev–Trinajstić information content (AvgIpc) is 2.76. The first-order chi connectivity index (χ1) is 8.65. The Balaban J connectivity index is 1.81. The number of nitrogens with one attached hydrogen (secondary N) is 1. The third-order valence-electron chi connectivity index (χ3n) is 2.52. The number of hydrogen-bond acceptors (Lipinski definition) is 3. The van der Waals surface area contributed by atoms with Crippen LogP contribution in [0.2, 0.25) is 0 Å². The summed E-state index contributed by atoms with van der Waals surface area (Å²) in [6, 6.07) is 9.95. The van der Waals surface area contributed by atoms with Crippen molar-refractivity contribution in [3.05, 3.63) is 56.4 Å². The molecule has 2 N–H and O–H groups in total. The van der Waals surface area contributed by atoms with Crippen LogP contribution in [-0.2, 0) is 6.54 Å². The fourth-order valence-electron chi connectivity index (χ4n) is 1.58. The van der Waals surface area contributed by atoms with E-state index in [1.807, 2.05) is 12.1 Å². The summed E-state index contributed by atoms with van der Waals surface area (Å²) in [7, 11) is 0. The lowest BCUT2D eigenvalue weighted by molar-refractivity contribution is 0.174. The summed E-state index contributed by atoms with van der Waals surface area (Å²) in [5.74, 6) is -0.289. The van der Waals surface area contributed by atoms with E-state index in [-0.39, 0.29) is 5.82 Å². The van der Waals surface area contributed by atoms with Crippen LogP contribution in [0.25, 0.3) is 0 Å². The largest absolute Gasteiger partial charge is 0.387 e. The summed E-state index contributed by atoms with van der Waals surface area (Å²) in [5, 5.41) is 13.1. The molecular formula is C13H13BrFNOS. The van der Waals surface area contributed by atoms with Gasteiger partial charge in [-0.05, 0) is 45.8 Å². The molecule has 2 rings (SSSR count). The van der Waals surface area contributed by atoms with Gasteiger partial charge >= 0.3 is 0 Å². The van der Waals surface area contributed by atoms with Crippen molar-refractivity contribution in [3.8, 4) is 0 Å². The van der Waals surface area contributed by atoms with Crippen molar-refractivity contribution in [2.45, 2.75) is 12.6 Å². The van der Waals surface area contributed by atoms with Crippen LogP contribution in [0.1, 0.15) is 16.5 Å². The zero-order chi connectivity index (χ0) is 13.0. The highest BCUT2D eigenvalue weighted by atomic mass is 79.9. The standard InChI is InChI=1S/C13H13BrFNOS/c14-13-6-5-11(18-13)7-16-8-12(17)9-1-3-10(15)4-2-9/h1-6,12,16-17H,7-8H2. The maximum atomic E-state index is 12.7. The number of hydrogen-bond donors (Lipinski definition) is 2. The van der Waals surface area contributed by atoms with Crippen molar-refractivity contribution in [2.75, 3.05) is 6.54 Å². The molecule has 1 unspecified atom stereocenters. The molecule has 96 valence electrons. The fraction of sp³-hybridized carbons (Fsp3) is 0.231. The van der Waals surface area contributed by atoms with Gasteiger partial charge in [-0.25, -0.2) is 4.39 Å². The van der Waals surface area contributed by atoms with Crippen molar-refractivity contribution >= 4 is 27.3 Å². The normalized spacial score (nSPS) is 12.6. The molecule has 5 heteroatoms. The molecule has 0 aliphatic rings. The number of aliphatic hydroxyl groups excluding tert-OH is 1. The highest BCUT2D eigenvalue weighted by Crippen LogP contribution is 2.22. The Morgan fingerprint density at radius 3 is 2.56 bits per heavy atom. The van der Waals surface area contributed by atoms with Crippen molar-refractivity contribution < 1.29 is 9.50 Å². The Labute approximate surface area is 118 Å². The SMILES string of the molecule is OC(CNCc1ccc(Br)s1)c1ccc(F)cc1. The fourth-order valence-corrected chi connectivity index (χ4v) is 3.03. The molecular weight excluding hydrogens is 317 g/mol. The Kier molecular flexibility index (Phi) is 4.88. The third kappa shape index (κ3) is 3.88. The van der Waals surface area contributed by atoms with Crippen LogP contribution in [0.3, 0.4) is 0 Å². The molecule has 0 spiro atoms. The second-order valence-electron chi connectivity index (χ2n) is 3.90. The van der Waals surface area contributed by atoms with E-state index in [2.05, 4.69) is 21.2 Å². The van der Waals surface area contributed by atoms with Gasteiger partial charge in [-0.3, -0.25) is 0 Å². The number of thiophene rings is 1. The summed E-state index contributed by atoms with van der Waals surface area (Å²) in [6.45, 7) is 1.16. The van der Waals surface area contributed by atoms with Crippen LogP contribution >= 0.6 is 27.3 Å². The molecule has 0 radical (unpaired) electrons. The monoisotopic (exact) mass is 329 g/mol. The van der Waals surface area contributed by atoms with E-state index in [1.54, 1.807) is 23.5 Å². The van der Waals surface area contributed by atoms with Crippen LogP contribution in [0.15, 0.2) is 40.2 Å². The molecule has 0 aliphatic heterocycles. The lowest BCUT2D eigenvalue weighted by Gasteiger charge is -2.11. The lowest BCUT2D eigenvalue weighted by Crippen LogP contribution is -2.20. The van der Waals surface area contributed by atoms with Gasteiger partial charge < -0.3 is 10.4 Å². The van der Waals surface area contributed by atoms with Gasteiger partial charge in [-0.2, -0.15) is 0 Å². The van der Waals surface area contributed by atoms with Crippen LogP contribution in [-0.4, -0.2) is 11.7 Å². The van der Waals surface area contributed by atoms with Crippen molar-refractivity contribution in [1.29, 1.82) is 0 Å². The average molecular weight is 330 g/mol. The van der Waals surface area contributed by atoms with Gasteiger partial charge in [-0.15, -0.1) is 11.3 Å². The number of rotatable bonds is 5. The second kappa shape index (κ2) is 6.43. The first-order valence-electron chi connectivity index (χ1n) is 5.53. The molecule has 0 fully saturated rings. The summed E-state index contributed by atoms with van der Waals surface area (Å²) in [4.78, 5) is 1.20. The Morgan fingerprint density at radius 2 is 1.94 bits per heavy atom. The number of benzene rings is 1. The van der Waals surface area contributed by atoms with Gasteiger partial charge in [0.1, 0.15) is 5.82 Å². The molecule has 1 heterocycles. The maximum Gasteiger partial charge on any atom is 0.123 e. The lowest BCUT2D eigenvalue weighted by atomic mass is 10.1. The molecule has 18 heavy (non-hydrogen) atoms. The zero-order valence-electron chi connectivity index (χ0n) is 9.57. The summed E-state index contributed by atoms with van der Waals surface area (Å²) >= 11 is 5.06. The minimum Gasteiger partial charge on any atom is -0.387 e. The molecule has 0 amide bonds. The summed E-state index contributed by atoms with van der Waals surface area (Å²) in [5.41, 5.74) is 0.719. The van der Waals surface area contributed by atoms with E-state index in [0.717, 1.165) is 9.35 Å². The number of aliphatic hydroxyl groups is 1. The highest BCUT2D eigenvalue weighted by Gasteiger charge is 2.07. The predicted octanol–water partition coefficient (Wildman–Crippen LogP) is 3.47. The van der Waals surface area contributed by atoms with Crippen LogP contribution in [0, 0.1) is 5.82 Å². The molecule has 2 aromatic rings. The molecule has 0 saturated heterocycles. The predicted molar refractivity (Wildman–Crippen MR) is 75.1 cm³/mol. The van der Waals surface area contributed by atoms with Gasteiger partial charge in [0.25, 0.3) is 0 Å². The molecule has 1 atom stereocenters. The molecule has 0 saturated carbocycles. The van der Waals surface area contributed by atoms with Gasteiger partial charge in [0, 0.05) is 18.0 Å². The Morgan fingerprint density at radius 1 is 1.22 bits per heavy atom. The second-order valence-corrected chi connectivity index (χ2v) is 6.45. The van der Waals surface area contributed by atoms with Crippen LogP contribution in [0.5, 0.6) is 0 Å². The smallest absolute Gasteiger partial charge is 0.123 e. The molecule has 0 aliphatic carbocycles. The molecule has 0 bridgehead atoms. The molecule has 1 aromatic heterocycles. The van der Waals surface area contributed by atoms with Gasteiger partial charge in [0.2, 0.25) is 0 Å². The Bertz CT molecular complexity index is 500. The van der Waals surface area contributed by atoms with Crippen molar-refractivity contribution in [3.63, 3.8) is 0 Å².